The van der Waals surface area contributed by atoms with Crippen molar-refractivity contribution in [2.75, 3.05) is 0 Å². The molecule has 4 unspecified atom stereocenters. The van der Waals surface area contributed by atoms with Gasteiger partial charge in [-0.25, -0.2) is 0 Å². The third-order valence-electron chi connectivity index (χ3n) is 14.8. The summed E-state index contributed by atoms with van der Waals surface area (Å²) < 4.78 is 0. The van der Waals surface area contributed by atoms with Crippen molar-refractivity contribution in [2.24, 2.45) is 76.6 Å². The lowest BCUT2D eigenvalue weighted by Gasteiger charge is -2.53. The van der Waals surface area contributed by atoms with E-state index in [4.69, 9.17) is 11.5 Å². The zero-order chi connectivity index (χ0) is 27.5. The molecule has 4 atom stereocenters. The maximum absolute atomic E-state index is 7.37. The summed E-state index contributed by atoms with van der Waals surface area (Å²) in [6, 6.07) is 0.971. The van der Waals surface area contributed by atoms with Gasteiger partial charge < -0.3 is 11.5 Å². The molecule has 0 heterocycles. The third kappa shape index (κ3) is 6.69. The first-order chi connectivity index (χ1) is 19.6. The highest BCUT2D eigenvalue weighted by Gasteiger charge is 2.48. The molecular weight excluding hydrogens is 484 g/mol. The van der Waals surface area contributed by atoms with Crippen LogP contribution in [0.25, 0.3) is 0 Å². The molecule has 6 rings (SSSR count). The highest BCUT2D eigenvalue weighted by atomic mass is 14.7. The Morgan fingerprint density at radius 3 is 0.825 bits per heavy atom. The third-order valence-corrected chi connectivity index (χ3v) is 14.8. The van der Waals surface area contributed by atoms with E-state index in [0.29, 0.717) is 12.1 Å². The van der Waals surface area contributed by atoms with Gasteiger partial charge in [-0.05, 0) is 90.8 Å². The van der Waals surface area contributed by atoms with E-state index in [1.807, 2.05) is 0 Å². The van der Waals surface area contributed by atoms with Crippen LogP contribution in [-0.2, 0) is 0 Å². The van der Waals surface area contributed by atoms with Gasteiger partial charge in [0, 0.05) is 12.1 Å². The molecule has 0 spiro atoms. The predicted octanol–water partition coefficient (Wildman–Crippen LogP) is 9.88. The van der Waals surface area contributed by atoms with E-state index in [0.717, 1.165) is 65.1 Å². The van der Waals surface area contributed by atoms with Gasteiger partial charge >= 0.3 is 0 Å². The molecule has 0 saturated heterocycles. The minimum atomic E-state index is 0.486. The van der Waals surface area contributed by atoms with Gasteiger partial charge in [0.25, 0.3) is 0 Å². The Morgan fingerprint density at radius 1 is 0.375 bits per heavy atom. The average molecular weight is 553 g/mol. The molecule has 40 heavy (non-hydrogen) atoms. The van der Waals surface area contributed by atoms with Crippen LogP contribution in [0.4, 0.5) is 0 Å². The van der Waals surface area contributed by atoms with Gasteiger partial charge in [-0.2, -0.15) is 0 Å². The maximum atomic E-state index is 7.37. The largest absolute Gasteiger partial charge is 0.327 e. The number of hydrogen-bond acceptors (Lipinski definition) is 2. The minimum absolute atomic E-state index is 0.486. The van der Waals surface area contributed by atoms with Gasteiger partial charge in [0.15, 0.2) is 0 Å². The second kappa shape index (κ2) is 14.1. The molecule has 6 aliphatic rings. The molecule has 230 valence electrons. The van der Waals surface area contributed by atoms with Crippen LogP contribution in [0.15, 0.2) is 0 Å². The summed E-state index contributed by atoms with van der Waals surface area (Å²) in [5.74, 6) is 9.63. The van der Waals surface area contributed by atoms with Crippen LogP contribution in [0.3, 0.4) is 0 Å². The van der Waals surface area contributed by atoms with Crippen molar-refractivity contribution in [2.45, 2.75) is 173 Å². The van der Waals surface area contributed by atoms with Crippen LogP contribution in [0, 0.1) is 65.1 Å². The first-order valence-electron chi connectivity index (χ1n) is 19.1. The van der Waals surface area contributed by atoms with Crippen LogP contribution < -0.4 is 11.5 Å². The Balaban J connectivity index is 1.22. The van der Waals surface area contributed by atoms with Crippen molar-refractivity contribution < 1.29 is 0 Å². The quantitative estimate of drug-likeness (QED) is 0.344. The molecule has 2 nitrogen and oxygen atoms in total. The molecule has 0 radical (unpaired) electrons. The first-order valence-corrected chi connectivity index (χ1v) is 19.1. The van der Waals surface area contributed by atoms with Gasteiger partial charge in [0.05, 0.1) is 0 Å². The summed E-state index contributed by atoms with van der Waals surface area (Å²) >= 11 is 0. The van der Waals surface area contributed by atoms with Gasteiger partial charge in [-0.15, -0.1) is 0 Å². The minimum Gasteiger partial charge on any atom is -0.327 e. The summed E-state index contributed by atoms with van der Waals surface area (Å²) in [6.07, 6.45) is 35.3. The molecule has 0 aromatic carbocycles. The zero-order valence-electron chi connectivity index (χ0n) is 26.6. The van der Waals surface area contributed by atoms with E-state index in [9.17, 15) is 0 Å². The average Bonchev–Trinajstić information content (AvgIpc) is 3.02. The van der Waals surface area contributed by atoms with Gasteiger partial charge in [-0.1, -0.05) is 135 Å². The number of rotatable bonds is 6. The standard InChI is InChI=1S/C38H68N2/c1-26(31-22-33(27-14-6-2-7-15-27)37(39)34(23-31)28-16-8-3-9-17-28)32-24-35(29-18-10-4-11-19-29)38(40)36(25-32)30-20-12-5-13-21-30/h26-38H,2-25,39-40H2,1H3. The molecule has 0 aliphatic heterocycles. The van der Waals surface area contributed by atoms with Crippen LogP contribution >= 0.6 is 0 Å². The van der Waals surface area contributed by atoms with E-state index in [-0.39, 0.29) is 0 Å². The summed E-state index contributed by atoms with van der Waals surface area (Å²) in [7, 11) is 0. The van der Waals surface area contributed by atoms with Crippen LogP contribution in [-0.4, -0.2) is 12.1 Å². The molecule has 2 heteroatoms. The van der Waals surface area contributed by atoms with Gasteiger partial charge in [0.2, 0.25) is 0 Å². The van der Waals surface area contributed by atoms with Gasteiger partial charge in [-0.3, -0.25) is 0 Å². The van der Waals surface area contributed by atoms with Crippen molar-refractivity contribution in [1.82, 2.24) is 0 Å². The van der Waals surface area contributed by atoms with Crippen molar-refractivity contribution in [1.29, 1.82) is 0 Å². The normalized spacial score (nSPS) is 43.0. The maximum Gasteiger partial charge on any atom is 0.0101 e. The van der Waals surface area contributed by atoms with Crippen molar-refractivity contribution in [3.05, 3.63) is 0 Å². The Labute approximate surface area is 249 Å². The van der Waals surface area contributed by atoms with Crippen LogP contribution in [0.5, 0.6) is 0 Å². The molecule has 0 aromatic heterocycles. The lowest BCUT2D eigenvalue weighted by atomic mass is 9.54. The molecule has 6 fully saturated rings. The molecule has 0 amide bonds. The summed E-state index contributed by atoms with van der Waals surface area (Å²) in [5.41, 5.74) is 14.7. The zero-order valence-corrected chi connectivity index (χ0v) is 26.6. The van der Waals surface area contributed by atoms with Crippen molar-refractivity contribution in [3.63, 3.8) is 0 Å². The van der Waals surface area contributed by atoms with Crippen LogP contribution in [0.1, 0.15) is 161 Å². The summed E-state index contributed by atoms with van der Waals surface area (Å²) in [4.78, 5) is 0. The smallest absolute Gasteiger partial charge is 0.0101 e. The molecule has 6 saturated carbocycles. The van der Waals surface area contributed by atoms with E-state index in [2.05, 4.69) is 6.92 Å². The molecule has 4 N–H and O–H groups in total. The lowest BCUT2D eigenvalue weighted by Crippen LogP contribution is -2.53. The molecule has 0 bridgehead atoms. The van der Waals surface area contributed by atoms with E-state index in [1.165, 1.54) is 154 Å². The highest BCUT2D eigenvalue weighted by molar-refractivity contribution is 5.01. The molecule has 0 aromatic rings. The Kier molecular flexibility index (Phi) is 10.6. The van der Waals surface area contributed by atoms with Crippen LogP contribution in [0.2, 0.25) is 0 Å². The van der Waals surface area contributed by atoms with Gasteiger partial charge in [0.1, 0.15) is 0 Å². The van der Waals surface area contributed by atoms with Crippen molar-refractivity contribution in [3.8, 4) is 0 Å². The SMILES string of the molecule is CC(C1CC(C2CCCCC2)C(N)C(C2CCCCC2)C1)C1CC(C2CCCCC2)C(N)C(C2CCCCC2)C1. The second-order valence-electron chi connectivity index (χ2n) is 16.7. The monoisotopic (exact) mass is 553 g/mol. The fourth-order valence-electron chi connectivity index (χ4n) is 12.4. The molecule has 6 aliphatic carbocycles. The summed E-state index contributed by atoms with van der Waals surface area (Å²) in [5, 5.41) is 0. The fourth-order valence-corrected chi connectivity index (χ4v) is 12.4. The van der Waals surface area contributed by atoms with E-state index in [1.54, 1.807) is 0 Å². The highest BCUT2D eigenvalue weighted by Crippen LogP contribution is 2.54. The molecular formula is C38H68N2. The lowest BCUT2D eigenvalue weighted by molar-refractivity contribution is -0.0104. The fraction of sp³-hybridized carbons (Fsp3) is 1.00. The van der Waals surface area contributed by atoms with E-state index < -0.39 is 0 Å². The van der Waals surface area contributed by atoms with Crippen molar-refractivity contribution >= 4 is 0 Å². The first kappa shape index (κ1) is 30.0. The topological polar surface area (TPSA) is 52.0 Å². The Bertz CT molecular complexity index is 623. The second-order valence-corrected chi connectivity index (χ2v) is 16.7. The number of hydrogen-bond donors (Lipinski definition) is 2. The Hall–Kier alpha value is -0.0800. The summed E-state index contributed by atoms with van der Waals surface area (Å²) in [6.45, 7) is 2.74. The van der Waals surface area contributed by atoms with E-state index >= 15 is 0 Å². The Morgan fingerprint density at radius 2 is 0.600 bits per heavy atom. The predicted molar refractivity (Wildman–Crippen MR) is 171 cm³/mol. The number of nitrogens with two attached hydrogens (primary N) is 2.